The van der Waals surface area contributed by atoms with Crippen molar-refractivity contribution in [2.75, 3.05) is 17.7 Å². The monoisotopic (exact) mass is 332 g/mol. The van der Waals surface area contributed by atoms with Gasteiger partial charge in [-0.1, -0.05) is 6.07 Å². The molecule has 0 heterocycles. The van der Waals surface area contributed by atoms with E-state index < -0.39 is 0 Å². The lowest BCUT2D eigenvalue weighted by atomic mass is 10.1. The molecule has 1 amide bonds. The fourth-order valence-corrected chi connectivity index (χ4v) is 2.22. The van der Waals surface area contributed by atoms with E-state index in [1.165, 1.54) is 12.8 Å². The van der Waals surface area contributed by atoms with Crippen LogP contribution in [0.3, 0.4) is 0 Å². The Labute approximate surface area is 142 Å². The zero-order valence-electron chi connectivity index (χ0n) is 13.0. The van der Waals surface area contributed by atoms with Crippen LogP contribution in [-0.4, -0.2) is 12.5 Å². The number of nitrogens with one attached hydrogen (secondary N) is 1. The lowest BCUT2D eigenvalue weighted by molar-refractivity contribution is 0.102. The van der Waals surface area contributed by atoms with Crippen LogP contribution in [0.4, 0.5) is 11.4 Å². The van der Waals surface area contributed by atoms with Crippen molar-refractivity contribution < 1.29 is 9.53 Å². The second-order valence-corrected chi connectivity index (χ2v) is 5.81. The molecule has 1 saturated carbocycles. The molecule has 0 saturated heterocycles. The van der Waals surface area contributed by atoms with E-state index in [0.29, 0.717) is 11.3 Å². The zero-order chi connectivity index (χ0) is 15.5. The van der Waals surface area contributed by atoms with Crippen LogP contribution < -0.4 is 15.8 Å². The van der Waals surface area contributed by atoms with Crippen LogP contribution >= 0.6 is 12.4 Å². The van der Waals surface area contributed by atoms with Crippen molar-refractivity contribution >= 4 is 29.7 Å². The summed E-state index contributed by atoms with van der Waals surface area (Å²) in [6.45, 7) is 2.68. The van der Waals surface area contributed by atoms with Gasteiger partial charge in [0.25, 0.3) is 5.91 Å². The molecule has 0 bridgehead atoms. The Morgan fingerprint density at radius 1 is 1.22 bits per heavy atom. The molecule has 2 aromatic rings. The van der Waals surface area contributed by atoms with Gasteiger partial charge in [-0.3, -0.25) is 4.79 Å². The highest BCUT2D eigenvalue weighted by molar-refractivity contribution is 6.05. The smallest absolute Gasteiger partial charge is 0.256 e. The van der Waals surface area contributed by atoms with E-state index >= 15 is 0 Å². The average Bonchev–Trinajstić information content (AvgIpc) is 3.33. The van der Waals surface area contributed by atoms with Crippen molar-refractivity contribution in [1.29, 1.82) is 0 Å². The fourth-order valence-electron chi connectivity index (χ4n) is 2.22. The number of amides is 1. The molecule has 3 rings (SSSR count). The second-order valence-electron chi connectivity index (χ2n) is 5.81. The van der Waals surface area contributed by atoms with Gasteiger partial charge in [-0.25, -0.2) is 0 Å². The zero-order valence-corrected chi connectivity index (χ0v) is 13.9. The minimum Gasteiger partial charge on any atom is -0.493 e. The summed E-state index contributed by atoms with van der Waals surface area (Å²) in [6.07, 6.45) is 2.54. The Hall–Kier alpha value is -2.20. The van der Waals surface area contributed by atoms with Gasteiger partial charge in [-0.15, -0.1) is 12.4 Å². The molecule has 23 heavy (non-hydrogen) atoms. The third-order valence-corrected chi connectivity index (χ3v) is 3.80. The molecule has 2 aromatic carbocycles. The number of carbonyl (C=O) groups is 1. The van der Waals surface area contributed by atoms with Crippen LogP contribution in [0.2, 0.25) is 0 Å². The van der Waals surface area contributed by atoms with Crippen LogP contribution in [0.1, 0.15) is 28.8 Å². The van der Waals surface area contributed by atoms with Crippen molar-refractivity contribution in [2.45, 2.75) is 19.8 Å². The summed E-state index contributed by atoms with van der Waals surface area (Å²) in [4.78, 5) is 12.3. The number of rotatable bonds is 5. The number of ether oxygens (including phenoxy) is 1. The molecule has 122 valence electrons. The standard InChI is InChI=1S/C18H20N2O2.ClH/c1-12-2-5-14(19)10-17(12)18(21)20-15-6-8-16(9-7-15)22-11-13-3-4-13;/h2,5-10,13H,3-4,11,19H2,1H3,(H,20,21);1H. The van der Waals surface area contributed by atoms with Gasteiger partial charge in [0, 0.05) is 16.9 Å². The lowest BCUT2D eigenvalue weighted by Gasteiger charge is -2.10. The summed E-state index contributed by atoms with van der Waals surface area (Å²) < 4.78 is 5.68. The normalized spacial score (nSPS) is 13.1. The average molecular weight is 333 g/mol. The van der Waals surface area contributed by atoms with E-state index in [1.54, 1.807) is 12.1 Å². The number of benzene rings is 2. The largest absolute Gasteiger partial charge is 0.493 e. The molecule has 1 aliphatic rings. The first kappa shape index (κ1) is 17.2. The minimum absolute atomic E-state index is 0. The van der Waals surface area contributed by atoms with Crippen molar-refractivity contribution in [3.05, 3.63) is 53.6 Å². The Balaban J connectivity index is 0.00000192. The van der Waals surface area contributed by atoms with Gasteiger partial charge >= 0.3 is 0 Å². The summed E-state index contributed by atoms with van der Waals surface area (Å²) in [6, 6.07) is 12.8. The van der Waals surface area contributed by atoms with Crippen molar-refractivity contribution in [3.8, 4) is 5.75 Å². The molecule has 1 aliphatic carbocycles. The minimum atomic E-state index is -0.156. The lowest BCUT2D eigenvalue weighted by Crippen LogP contribution is -2.13. The fraction of sp³-hybridized carbons (Fsp3) is 0.278. The molecule has 0 atom stereocenters. The number of nitrogen functional groups attached to an aromatic ring is 1. The highest BCUT2D eigenvalue weighted by Gasteiger charge is 2.21. The van der Waals surface area contributed by atoms with Crippen molar-refractivity contribution in [3.63, 3.8) is 0 Å². The van der Waals surface area contributed by atoms with E-state index in [9.17, 15) is 4.79 Å². The molecule has 4 nitrogen and oxygen atoms in total. The quantitative estimate of drug-likeness (QED) is 0.812. The first-order valence-electron chi connectivity index (χ1n) is 7.52. The van der Waals surface area contributed by atoms with Crippen molar-refractivity contribution in [2.24, 2.45) is 5.92 Å². The molecule has 0 radical (unpaired) electrons. The van der Waals surface area contributed by atoms with Crippen LogP contribution in [0.5, 0.6) is 5.75 Å². The Kier molecular flexibility index (Phi) is 5.50. The Morgan fingerprint density at radius 3 is 2.57 bits per heavy atom. The third kappa shape index (κ3) is 4.63. The number of anilines is 2. The molecule has 0 aromatic heterocycles. The highest BCUT2D eigenvalue weighted by atomic mass is 35.5. The topological polar surface area (TPSA) is 64.4 Å². The van der Waals surface area contributed by atoms with Gasteiger partial charge in [-0.2, -0.15) is 0 Å². The maximum atomic E-state index is 12.3. The predicted molar refractivity (Wildman–Crippen MR) is 95.5 cm³/mol. The molecule has 0 aliphatic heterocycles. The number of carbonyl (C=O) groups excluding carboxylic acids is 1. The van der Waals surface area contributed by atoms with E-state index in [4.69, 9.17) is 10.5 Å². The maximum absolute atomic E-state index is 12.3. The second kappa shape index (κ2) is 7.38. The van der Waals surface area contributed by atoms with E-state index in [-0.39, 0.29) is 18.3 Å². The van der Waals surface area contributed by atoms with Gasteiger partial charge in [0.15, 0.2) is 0 Å². The van der Waals surface area contributed by atoms with E-state index in [0.717, 1.165) is 29.5 Å². The van der Waals surface area contributed by atoms with Gasteiger partial charge in [0.2, 0.25) is 0 Å². The van der Waals surface area contributed by atoms with Gasteiger partial charge in [0.1, 0.15) is 5.75 Å². The molecular weight excluding hydrogens is 312 g/mol. The summed E-state index contributed by atoms with van der Waals surface area (Å²) in [5.74, 6) is 1.41. The first-order valence-corrected chi connectivity index (χ1v) is 7.52. The predicted octanol–water partition coefficient (Wildman–Crippen LogP) is 4.04. The van der Waals surface area contributed by atoms with Crippen molar-refractivity contribution in [1.82, 2.24) is 0 Å². The molecule has 1 fully saturated rings. The number of hydrogen-bond acceptors (Lipinski definition) is 3. The van der Waals surface area contributed by atoms with Crippen LogP contribution in [0.25, 0.3) is 0 Å². The van der Waals surface area contributed by atoms with Crippen LogP contribution in [0, 0.1) is 12.8 Å². The van der Waals surface area contributed by atoms with E-state index in [1.807, 2.05) is 37.3 Å². The number of nitrogens with two attached hydrogens (primary N) is 1. The molecule has 0 spiro atoms. The van der Waals surface area contributed by atoms with Gasteiger partial charge < -0.3 is 15.8 Å². The van der Waals surface area contributed by atoms with Gasteiger partial charge in [0.05, 0.1) is 6.61 Å². The van der Waals surface area contributed by atoms with Crippen LogP contribution in [0.15, 0.2) is 42.5 Å². The van der Waals surface area contributed by atoms with E-state index in [2.05, 4.69) is 5.32 Å². The Morgan fingerprint density at radius 2 is 1.91 bits per heavy atom. The summed E-state index contributed by atoms with van der Waals surface area (Å²) in [5.41, 5.74) is 8.56. The Bertz CT molecular complexity index is 682. The first-order chi connectivity index (χ1) is 10.6. The molecule has 5 heteroatoms. The highest BCUT2D eigenvalue weighted by Crippen LogP contribution is 2.29. The summed E-state index contributed by atoms with van der Waals surface area (Å²) in [5, 5.41) is 2.88. The summed E-state index contributed by atoms with van der Waals surface area (Å²) in [7, 11) is 0. The number of aryl methyl sites for hydroxylation is 1. The number of halogens is 1. The van der Waals surface area contributed by atoms with Crippen LogP contribution in [-0.2, 0) is 0 Å². The third-order valence-electron chi connectivity index (χ3n) is 3.80. The molecular formula is C18H21ClN2O2. The number of hydrogen-bond donors (Lipinski definition) is 2. The summed E-state index contributed by atoms with van der Waals surface area (Å²) >= 11 is 0. The SMILES string of the molecule is Cc1ccc(N)cc1C(=O)Nc1ccc(OCC2CC2)cc1.Cl. The maximum Gasteiger partial charge on any atom is 0.256 e. The molecule has 0 unspecified atom stereocenters. The van der Waals surface area contributed by atoms with Gasteiger partial charge in [-0.05, 0) is 67.6 Å². The molecule has 3 N–H and O–H groups in total.